The normalized spacial score (nSPS) is 14.3. The Hall–Kier alpha value is -4.28. The smallest absolute Gasteiger partial charge is 0.314 e. The molecule has 9 nitrogen and oxygen atoms in total. The first kappa shape index (κ1) is 22.5. The maximum atomic E-state index is 12.7. The van der Waals surface area contributed by atoms with Crippen molar-refractivity contribution < 1.29 is 13.2 Å². The number of nitrogens with zero attached hydrogens (tertiary/aromatic N) is 6. The van der Waals surface area contributed by atoms with Gasteiger partial charge in [0.05, 0.1) is 23.3 Å². The number of anilines is 1. The van der Waals surface area contributed by atoms with Crippen LogP contribution < -0.4 is 10.6 Å². The van der Waals surface area contributed by atoms with Crippen molar-refractivity contribution in [1.29, 1.82) is 0 Å². The number of alkyl halides is 2. The summed E-state index contributed by atoms with van der Waals surface area (Å²) in [6, 6.07) is 12.9. The number of aromatic nitrogens is 4. The van der Waals surface area contributed by atoms with Gasteiger partial charge in [0, 0.05) is 37.1 Å². The maximum absolute atomic E-state index is 12.7. The number of benzene rings is 2. The summed E-state index contributed by atoms with van der Waals surface area (Å²) in [6.45, 7) is 6.07. The van der Waals surface area contributed by atoms with Gasteiger partial charge < -0.3 is 20.0 Å². The van der Waals surface area contributed by atoms with E-state index in [1.165, 1.54) is 12.8 Å². The third kappa shape index (κ3) is 4.84. The summed E-state index contributed by atoms with van der Waals surface area (Å²) in [4.78, 5) is 10.3. The number of imidazole rings is 1. The SMILES string of the molecule is C=NN(/C=C(\N)c1ccc2nc(N3CCCC3)[nH]c2c1)Cc1ccc(-c2nnc(C(F)F)o2)cc1. The highest BCUT2D eigenvalue weighted by molar-refractivity contribution is 5.82. The van der Waals surface area contributed by atoms with Gasteiger partial charge in [0.25, 0.3) is 5.89 Å². The summed E-state index contributed by atoms with van der Waals surface area (Å²) in [5.41, 5.74) is 11.0. The van der Waals surface area contributed by atoms with Crippen LogP contribution in [-0.2, 0) is 6.54 Å². The Morgan fingerprint density at radius 2 is 1.97 bits per heavy atom. The average molecular weight is 479 g/mol. The lowest BCUT2D eigenvalue weighted by Crippen LogP contribution is -2.18. The zero-order chi connectivity index (χ0) is 24.4. The highest BCUT2D eigenvalue weighted by Gasteiger charge is 2.18. The highest BCUT2D eigenvalue weighted by Crippen LogP contribution is 2.25. The number of nitrogens with two attached hydrogens (primary N) is 1. The molecular weight excluding hydrogens is 454 g/mol. The summed E-state index contributed by atoms with van der Waals surface area (Å²) in [5, 5.41) is 12.7. The van der Waals surface area contributed by atoms with E-state index in [4.69, 9.17) is 10.2 Å². The predicted octanol–water partition coefficient (Wildman–Crippen LogP) is 4.53. The molecule has 4 aromatic rings. The standard InChI is InChI=1S/C24H24F2N8O/c1-28-34(13-15-4-6-16(7-5-15)22-31-32-23(35-22)21(25)26)14-18(27)17-8-9-19-20(12-17)30-24(29-19)33-10-2-3-11-33/h4-9,12,14,21H,1-3,10-11,13,27H2,(H,29,30)/b18-14-. The van der Waals surface area contributed by atoms with Crippen molar-refractivity contribution in [3.05, 3.63) is 65.7 Å². The van der Waals surface area contributed by atoms with Crippen LogP contribution in [0.4, 0.5) is 14.7 Å². The zero-order valence-electron chi connectivity index (χ0n) is 18.9. The molecule has 0 atom stereocenters. The van der Waals surface area contributed by atoms with Gasteiger partial charge in [-0.05, 0) is 42.7 Å². The van der Waals surface area contributed by atoms with Crippen molar-refractivity contribution in [1.82, 2.24) is 25.2 Å². The van der Waals surface area contributed by atoms with E-state index < -0.39 is 12.3 Å². The lowest BCUT2D eigenvalue weighted by atomic mass is 10.1. The van der Waals surface area contributed by atoms with Crippen LogP contribution in [-0.4, -0.2) is 45.0 Å². The molecule has 180 valence electrons. The third-order valence-corrected chi connectivity index (χ3v) is 5.85. The minimum absolute atomic E-state index is 0.0387. The molecule has 1 fully saturated rings. The summed E-state index contributed by atoms with van der Waals surface area (Å²) < 4.78 is 30.3. The molecular formula is C24H24F2N8O. The van der Waals surface area contributed by atoms with Gasteiger partial charge in [-0.1, -0.05) is 18.2 Å². The summed E-state index contributed by atoms with van der Waals surface area (Å²) in [5.74, 6) is 0.227. The van der Waals surface area contributed by atoms with Crippen LogP contribution in [0.2, 0.25) is 0 Å². The van der Waals surface area contributed by atoms with E-state index in [9.17, 15) is 8.78 Å². The van der Waals surface area contributed by atoms with Gasteiger partial charge in [-0.15, -0.1) is 10.2 Å². The molecule has 0 amide bonds. The quantitative estimate of drug-likeness (QED) is 0.283. The number of H-pyrrole nitrogens is 1. The predicted molar refractivity (Wildman–Crippen MR) is 129 cm³/mol. The molecule has 3 heterocycles. The van der Waals surface area contributed by atoms with E-state index in [1.807, 2.05) is 30.3 Å². The molecule has 0 spiro atoms. The second-order valence-electron chi connectivity index (χ2n) is 8.25. The molecule has 1 aliphatic rings. The second kappa shape index (κ2) is 9.53. The first-order chi connectivity index (χ1) is 17.0. The summed E-state index contributed by atoms with van der Waals surface area (Å²) >= 11 is 0. The van der Waals surface area contributed by atoms with Gasteiger partial charge >= 0.3 is 6.43 Å². The Labute approximate surface area is 200 Å². The van der Waals surface area contributed by atoms with Gasteiger partial charge in [0.15, 0.2) is 0 Å². The molecule has 1 aliphatic heterocycles. The van der Waals surface area contributed by atoms with Gasteiger partial charge in [-0.25, -0.2) is 4.98 Å². The summed E-state index contributed by atoms with van der Waals surface area (Å²) in [6.07, 6.45) is 1.27. The van der Waals surface area contributed by atoms with Crippen LogP contribution in [0.15, 0.2) is 58.2 Å². The minimum Gasteiger partial charge on any atom is -0.415 e. The Balaban J connectivity index is 1.29. The molecule has 1 saturated heterocycles. The second-order valence-corrected chi connectivity index (χ2v) is 8.25. The Morgan fingerprint density at radius 1 is 1.20 bits per heavy atom. The van der Waals surface area contributed by atoms with Gasteiger partial charge in [0.1, 0.15) is 0 Å². The number of fused-ring (bicyclic) bond motifs is 1. The largest absolute Gasteiger partial charge is 0.415 e. The molecule has 0 aliphatic carbocycles. The number of aromatic amines is 1. The Morgan fingerprint density at radius 3 is 2.66 bits per heavy atom. The van der Waals surface area contributed by atoms with Crippen LogP contribution in [0.1, 0.15) is 36.3 Å². The lowest BCUT2D eigenvalue weighted by Gasteiger charge is -2.15. The fourth-order valence-corrected chi connectivity index (χ4v) is 4.01. The van der Waals surface area contributed by atoms with E-state index in [0.717, 1.165) is 41.2 Å². The fourth-order valence-electron chi connectivity index (χ4n) is 4.01. The molecule has 0 bridgehead atoms. The third-order valence-electron chi connectivity index (χ3n) is 5.85. The molecule has 11 heteroatoms. The molecule has 0 unspecified atom stereocenters. The molecule has 35 heavy (non-hydrogen) atoms. The number of hydrazone groups is 1. The van der Waals surface area contributed by atoms with Gasteiger partial charge in [-0.3, -0.25) is 5.01 Å². The van der Waals surface area contributed by atoms with Crippen molar-refractivity contribution >= 4 is 29.4 Å². The van der Waals surface area contributed by atoms with Crippen molar-refractivity contribution in [2.45, 2.75) is 25.8 Å². The van der Waals surface area contributed by atoms with Crippen molar-refractivity contribution in [2.24, 2.45) is 10.8 Å². The van der Waals surface area contributed by atoms with Gasteiger partial charge in [-0.2, -0.15) is 13.9 Å². The van der Waals surface area contributed by atoms with Crippen molar-refractivity contribution in [3.8, 4) is 11.5 Å². The van der Waals surface area contributed by atoms with E-state index >= 15 is 0 Å². The van der Waals surface area contributed by atoms with E-state index in [0.29, 0.717) is 17.8 Å². The molecule has 5 rings (SSSR count). The molecule has 0 radical (unpaired) electrons. The monoisotopic (exact) mass is 478 g/mol. The fraction of sp³-hybridized carbons (Fsp3) is 0.250. The van der Waals surface area contributed by atoms with Crippen molar-refractivity contribution in [2.75, 3.05) is 18.0 Å². The number of hydrogen-bond acceptors (Lipinski definition) is 8. The Kier molecular flexibility index (Phi) is 6.13. The number of halogens is 2. The van der Waals surface area contributed by atoms with E-state index in [1.54, 1.807) is 23.3 Å². The van der Waals surface area contributed by atoms with Crippen LogP contribution >= 0.6 is 0 Å². The molecule has 0 saturated carbocycles. The number of hydrogen-bond donors (Lipinski definition) is 2. The van der Waals surface area contributed by atoms with Crippen LogP contribution in [0, 0.1) is 0 Å². The van der Waals surface area contributed by atoms with E-state index in [-0.39, 0.29) is 5.89 Å². The van der Waals surface area contributed by atoms with Crippen molar-refractivity contribution in [3.63, 3.8) is 0 Å². The first-order valence-electron chi connectivity index (χ1n) is 11.2. The van der Waals surface area contributed by atoms with Crippen LogP contribution in [0.3, 0.4) is 0 Å². The molecule has 2 aromatic carbocycles. The zero-order valence-corrected chi connectivity index (χ0v) is 18.9. The number of rotatable bonds is 8. The van der Waals surface area contributed by atoms with Crippen LogP contribution in [0.25, 0.3) is 28.2 Å². The average Bonchev–Trinajstić information content (AvgIpc) is 3.63. The maximum Gasteiger partial charge on any atom is 0.314 e. The lowest BCUT2D eigenvalue weighted by molar-refractivity contribution is 0.116. The summed E-state index contributed by atoms with van der Waals surface area (Å²) in [7, 11) is 0. The first-order valence-corrected chi connectivity index (χ1v) is 11.2. The molecule has 3 N–H and O–H groups in total. The van der Waals surface area contributed by atoms with Crippen LogP contribution in [0.5, 0.6) is 0 Å². The number of nitrogens with one attached hydrogen (secondary N) is 1. The van der Waals surface area contributed by atoms with E-state index in [2.05, 4.69) is 36.9 Å². The highest BCUT2D eigenvalue weighted by atomic mass is 19.3. The topological polar surface area (TPSA) is 112 Å². The Bertz CT molecular complexity index is 1360. The minimum atomic E-state index is -2.80. The molecule has 2 aromatic heterocycles. The van der Waals surface area contributed by atoms with Gasteiger partial charge in [0.2, 0.25) is 11.8 Å².